The molecule has 0 unspecified atom stereocenters. The number of nitro benzene ring substituents is 1. The van der Waals surface area contributed by atoms with Gasteiger partial charge >= 0.3 is 5.97 Å². The molecule has 9 nitrogen and oxygen atoms in total. The maximum absolute atomic E-state index is 13.5. The number of rotatable bonds is 7. The van der Waals surface area contributed by atoms with Crippen molar-refractivity contribution >= 4 is 34.4 Å². The van der Waals surface area contributed by atoms with Crippen LogP contribution in [0.25, 0.3) is 0 Å². The smallest absolute Gasteiger partial charge is 0.350 e. The predicted molar refractivity (Wildman–Crippen MR) is 127 cm³/mol. The molecule has 0 radical (unpaired) electrons. The van der Waals surface area contributed by atoms with Crippen molar-refractivity contribution < 1.29 is 19.2 Å². The van der Waals surface area contributed by atoms with Crippen LogP contribution in [-0.2, 0) is 9.53 Å². The van der Waals surface area contributed by atoms with Gasteiger partial charge in [-0.25, -0.2) is 9.80 Å². The number of hydrogen-bond donors (Lipinski definition) is 0. The van der Waals surface area contributed by atoms with Crippen molar-refractivity contribution in [2.75, 3.05) is 18.7 Å². The Morgan fingerprint density at radius 2 is 1.94 bits per heavy atom. The molecule has 172 valence electrons. The van der Waals surface area contributed by atoms with E-state index in [-0.39, 0.29) is 12.3 Å². The maximum atomic E-state index is 13.5. The largest absolute Gasteiger partial charge is 0.497 e. The van der Waals surface area contributed by atoms with Crippen LogP contribution < -0.4 is 9.75 Å². The number of nitro groups is 1. The van der Waals surface area contributed by atoms with Crippen LogP contribution in [0.4, 0.5) is 11.4 Å². The minimum atomic E-state index is -1.87. The van der Waals surface area contributed by atoms with Gasteiger partial charge in [-0.2, -0.15) is 10.4 Å². The van der Waals surface area contributed by atoms with E-state index >= 15 is 0 Å². The molecule has 0 spiro atoms. The van der Waals surface area contributed by atoms with Crippen LogP contribution >= 0.6 is 11.3 Å². The van der Waals surface area contributed by atoms with E-state index in [4.69, 9.17) is 14.6 Å². The number of nitrogens with zero attached hydrogens (tertiary/aromatic N) is 4. The summed E-state index contributed by atoms with van der Waals surface area (Å²) in [5, 5.41) is 29.6. The monoisotopic (exact) mass is 476 g/mol. The Hall–Kier alpha value is -4.23. The van der Waals surface area contributed by atoms with Crippen molar-refractivity contribution in [2.45, 2.75) is 18.4 Å². The number of esters is 1. The van der Waals surface area contributed by atoms with E-state index in [9.17, 15) is 20.2 Å². The molecule has 2 aromatic carbocycles. The van der Waals surface area contributed by atoms with Gasteiger partial charge in [0.1, 0.15) is 11.8 Å². The van der Waals surface area contributed by atoms with E-state index in [1.165, 1.54) is 40.6 Å². The van der Waals surface area contributed by atoms with Gasteiger partial charge in [-0.1, -0.05) is 18.2 Å². The molecule has 0 N–H and O–H groups in total. The van der Waals surface area contributed by atoms with Gasteiger partial charge in [0.15, 0.2) is 0 Å². The Morgan fingerprint density at radius 1 is 1.24 bits per heavy atom. The third-order valence-electron chi connectivity index (χ3n) is 5.52. The summed E-state index contributed by atoms with van der Waals surface area (Å²) in [6.07, 6.45) is 0. The average Bonchev–Trinajstić information content (AvgIpc) is 3.51. The number of nitriles is 1. The zero-order valence-electron chi connectivity index (χ0n) is 18.4. The quantitative estimate of drug-likeness (QED) is 0.280. The topological polar surface area (TPSA) is 118 Å². The molecule has 1 aliphatic heterocycles. The third kappa shape index (κ3) is 3.76. The van der Waals surface area contributed by atoms with Gasteiger partial charge in [-0.3, -0.25) is 10.1 Å². The number of thiophene rings is 1. The molecule has 3 aromatic rings. The lowest BCUT2D eigenvalue weighted by molar-refractivity contribution is -0.384. The highest BCUT2D eigenvalue weighted by Crippen LogP contribution is 2.46. The fourth-order valence-corrected chi connectivity index (χ4v) is 4.70. The van der Waals surface area contributed by atoms with Gasteiger partial charge in [0, 0.05) is 12.1 Å². The highest BCUT2D eigenvalue weighted by atomic mass is 32.1. The molecule has 34 heavy (non-hydrogen) atoms. The maximum Gasteiger partial charge on any atom is 0.350 e. The number of non-ortho nitro benzene ring substituents is 1. The van der Waals surface area contributed by atoms with E-state index < -0.39 is 22.3 Å². The molecule has 0 saturated carbocycles. The van der Waals surface area contributed by atoms with Gasteiger partial charge in [0.05, 0.1) is 40.8 Å². The lowest BCUT2D eigenvalue weighted by Gasteiger charge is -2.34. The summed E-state index contributed by atoms with van der Waals surface area (Å²) in [5.41, 5.74) is -0.443. The molecule has 0 bridgehead atoms. The van der Waals surface area contributed by atoms with Crippen molar-refractivity contribution in [1.82, 2.24) is 0 Å². The SMILES string of the molecule is CCOC(=O)[C@@]1(C#N)[C@@H](c2ccc(OC)cc2)C(c2cccs2)=NN1c1ccc([N+](=O)[O-])cc1. The number of carbonyl (C=O) groups is 1. The first-order chi connectivity index (χ1) is 16.5. The summed E-state index contributed by atoms with van der Waals surface area (Å²) in [5.74, 6) is -0.925. The molecule has 1 aromatic heterocycles. The van der Waals surface area contributed by atoms with Crippen molar-refractivity contribution in [3.63, 3.8) is 0 Å². The van der Waals surface area contributed by atoms with Crippen LogP contribution in [0.2, 0.25) is 0 Å². The molecule has 0 aliphatic carbocycles. The van der Waals surface area contributed by atoms with Crippen LogP contribution in [0.5, 0.6) is 5.75 Å². The van der Waals surface area contributed by atoms with Crippen LogP contribution in [0.1, 0.15) is 23.3 Å². The number of methoxy groups -OCH3 is 1. The number of benzene rings is 2. The first-order valence-corrected chi connectivity index (χ1v) is 11.2. The summed E-state index contributed by atoms with van der Waals surface area (Å²) in [7, 11) is 1.55. The minimum Gasteiger partial charge on any atom is -0.497 e. The van der Waals surface area contributed by atoms with Crippen LogP contribution in [0, 0.1) is 21.4 Å². The Labute approximate surface area is 199 Å². The summed E-state index contributed by atoms with van der Waals surface area (Å²) in [6, 6.07) is 18.6. The van der Waals surface area contributed by atoms with Crippen LogP contribution in [-0.4, -0.2) is 35.9 Å². The molecule has 4 rings (SSSR count). The lowest BCUT2D eigenvalue weighted by Crippen LogP contribution is -2.54. The zero-order chi connectivity index (χ0) is 24.3. The number of hydrazone groups is 1. The first kappa shape index (κ1) is 22.9. The normalized spacial score (nSPS) is 19.3. The highest BCUT2D eigenvalue weighted by molar-refractivity contribution is 7.12. The molecule has 0 saturated heterocycles. The summed E-state index contributed by atoms with van der Waals surface area (Å²) < 4.78 is 10.7. The standard InChI is InChI=1S/C24H20N4O5S/c1-3-33-23(29)24(15-25)21(16-6-12-19(32-2)13-7-16)22(20-5-4-14-34-20)26-27(24)17-8-10-18(11-9-17)28(30)31/h4-14,21H,3H2,1-2H3/t21-,24+/m0/s1. The van der Waals surface area contributed by atoms with Crippen molar-refractivity contribution in [2.24, 2.45) is 5.10 Å². The summed E-state index contributed by atoms with van der Waals surface area (Å²) >= 11 is 1.43. The summed E-state index contributed by atoms with van der Waals surface area (Å²) in [4.78, 5) is 24.9. The second-order valence-electron chi connectivity index (χ2n) is 7.35. The molecular formula is C24H20N4O5S. The van der Waals surface area contributed by atoms with E-state index in [0.717, 1.165) is 4.88 Å². The van der Waals surface area contributed by atoms with E-state index in [1.54, 1.807) is 38.3 Å². The number of anilines is 1. The third-order valence-corrected chi connectivity index (χ3v) is 6.41. The van der Waals surface area contributed by atoms with E-state index in [1.807, 2.05) is 17.5 Å². The highest BCUT2D eigenvalue weighted by Gasteiger charge is 2.60. The first-order valence-electron chi connectivity index (χ1n) is 10.4. The Morgan fingerprint density at radius 3 is 2.47 bits per heavy atom. The number of hydrogen-bond acceptors (Lipinski definition) is 9. The molecular weight excluding hydrogens is 456 g/mol. The minimum absolute atomic E-state index is 0.0695. The lowest BCUT2D eigenvalue weighted by atomic mass is 9.77. The Balaban J connectivity index is 1.95. The Kier molecular flexibility index (Phi) is 6.30. The second kappa shape index (κ2) is 9.33. The molecule has 0 fully saturated rings. The molecule has 10 heteroatoms. The van der Waals surface area contributed by atoms with Gasteiger partial charge < -0.3 is 9.47 Å². The number of carbonyl (C=O) groups excluding carboxylic acids is 1. The van der Waals surface area contributed by atoms with Gasteiger partial charge in [0.25, 0.3) is 11.2 Å². The molecule has 0 amide bonds. The van der Waals surface area contributed by atoms with Crippen molar-refractivity contribution in [3.05, 3.63) is 86.6 Å². The zero-order valence-corrected chi connectivity index (χ0v) is 19.2. The molecule has 2 atom stereocenters. The van der Waals surface area contributed by atoms with Crippen molar-refractivity contribution in [3.8, 4) is 11.8 Å². The van der Waals surface area contributed by atoms with Crippen molar-refractivity contribution in [1.29, 1.82) is 5.26 Å². The van der Waals surface area contributed by atoms with Crippen LogP contribution in [0.3, 0.4) is 0 Å². The summed E-state index contributed by atoms with van der Waals surface area (Å²) in [6.45, 7) is 1.73. The molecule has 2 heterocycles. The second-order valence-corrected chi connectivity index (χ2v) is 8.30. The van der Waals surface area contributed by atoms with E-state index in [2.05, 4.69) is 6.07 Å². The molecule has 1 aliphatic rings. The fraction of sp³-hybridized carbons (Fsp3) is 0.208. The van der Waals surface area contributed by atoms with E-state index in [0.29, 0.717) is 22.7 Å². The predicted octanol–water partition coefficient (Wildman–Crippen LogP) is 4.50. The average molecular weight is 477 g/mol. The van der Waals surface area contributed by atoms with Gasteiger partial charge in [0.2, 0.25) is 0 Å². The van der Waals surface area contributed by atoms with Gasteiger partial charge in [-0.15, -0.1) is 11.3 Å². The fourth-order valence-electron chi connectivity index (χ4n) is 3.96. The van der Waals surface area contributed by atoms with Gasteiger partial charge in [-0.05, 0) is 48.2 Å². The van der Waals surface area contributed by atoms with Crippen LogP contribution in [0.15, 0.2) is 71.1 Å². The number of ether oxygens (including phenoxy) is 2. The Bertz CT molecular complexity index is 1270.